The largest absolute Gasteiger partial charge is 0.497 e. The van der Waals surface area contributed by atoms with Crippen molar-refractivity contribution < 1.29 is 13.9 Å². The molecule has 0 saturated carbocycles. The number of hydrogen-bond donors (Lipinski definition) is 0. The van der Waals surface area contributed by atoms with E-state index in [9.17, 15) is 4.79 Å². The molecule has 1 aliphatic rings. The van der Waals surface area contributed by atoms with Crippen LogP contribution >= 0.6 is 0 Å². The van der Waals surface area contributed by atoms with Crippen LogP contribution in [0.5, 0.6) is 5.75 Å². The van der Waals surface area contributed by atoms with Gasteiger partial charge in [-0.1, -0.05) is 6.92 Å². The van der Waals surface area contributed by atoms with Crippen LogP contribution in [-0.4, -0.2) is 60.5 Å². The first-order chi connectivity index (χ1) is 12.2. The molecule has 0 atom stereocenters. The summed E-state index contributed by atoms with van der Waals surface area (Å²) in [6, 6.07) is 9.50. The Hall–Kier alpha value is -2.60. The van der Waals surface area contributed by atoms with Gasteiger partial charge in [0.2, 0.25) is 5.71 Å². The maximum atomic E-state index is 12.7. The summed E-state index contributed by atoms with van der Waals surface area (Å²) in [5.74, 6) is 1.04. The number of hydrogen-bond acceptors (Lipinski definition) is 5. The number of carbonyl (C=O) groups excluding carboxylic acids is 1. The summed E-state index contributed by atoms with van der Waals surface area (Å²) in [4.78, 5) is 21.4. The van der Waals surface area contributed by atoms with E-state index in [-0.39, 0.29) is 5.91 Å². The van der Waals surface area contributed by atoms with Crippen LogP contribution in [0.15, 0.2) is 34.7 Å². The molecule has 25 heavy (non-hydrogen) atoms. The van der Waals surface area contributed by atoms with E-state index in [1.807, 2.05) is 29.2 Å². The quantitative estimate of drug-likeness (QED) is 0.734. The molecule has 1 aromatic carbocycles. The summed E-state index contributed by atoms with van der Waals surface area (Å²) in [7, 11) is 1.63. The van der Waals surface area contributed by atoms with Gasteiger partial charge in [-0.2, -0.15) is 0 Å². The number of likely N-dealkylation sites (N-methyl/N-ethyl adjacent to an activating group) is 1. The molecule has 0 spiro atoms. The second-order valence-electron chi connectivity index (χ2n) is 6.28. The number of rotatable bonds is 3. The highest BCUT2D eigenvalue weighted by atomic mass is 16.5. The van der Waals surface area contributed by atoms with Gasteiger partial charge < -0.3 is 19.0 Å². The monoisotopic (exact) mass is 339 g/mol. The number of furan rings is 1. The number of aromatic nitrogens is 1. The van der Waals surface area contributed by atoms with Gasteiger partial charge in [0.25, 0.3) is 5.91 Å². The molecule has 0 aliphatic carbocycles. The molecule has 1 fully saturated rings. The highest BCUT2D eigenvalue weighted by Gasteiger charge is 2.24. The lowest BCUT2D eigenvalue weighted by atomic mass is 10.2. The molecule has 0 unspecified atom stereocenters. The molecule has 1 amide bonds. The van der Waals surface area contributed by atoms with Crippen molar-refractivity contribution in [1.29, 1.82) is 0 Å². The summed E-state index contributed by atoms with van der Waals surface area (Å²) in [6.07, 6.45) is 0. The van der Waals surface area contributed by atoms with E-state index in [4.69, 9.17) is 9.15 Å². The first kappa shape index (κ1) is 15.9. The molecular weight excluding hydrogens is 318 g/mol. The minimum atomic E-state index is -0.0598. The first-order valence-electron chi connectivity index (χ1n) is 8.58. The average molecular weight is 339 g/mol. The number of carbonyl (C=O) groups is 1. The van der Waals surface area contributed by atoms with Crippen molar-refractivity contribution in [3.63, 3.8) is 0 Å². The Labute approximate surface area is 146 Å². The zero-order valence-electron chi connectivity index (χ0n) is 14.5. The number of piperazine rings is 1. The van der Waals surface area contributed by atoms with Crippen LogP contribution < -0.4 is 4.74 Å². The fourth-order valence-corrected chi connectivity index (χ4v) is 3.26. The van der Waals surface area contributed by atoms with E-state index >= 15 is 0 Å². The van der Waals surface area contributed by atoms with Crippen LogP contribution in [0.25, 0.3) is 22.0 Å². The Bertz CT molecular complexity index is 926. The third-order valence-corrected chi connectivity index (χ3v) is 4.83. The molecule has 0 bridgehead atoms. The van der Waals surface area contributed by atoms with E-state index < -0.39 is 0 Å². The molecule has 3 heterocycles. The second-order valence-corrected chi connectivity index (χ2v) is 6.28. The minimum Gasteiger partial charge on any atom is -0.497 e. The second kappa shape index (κ2) is 6.37. The molecule has 6 nitrogen and oxygen atoms in total. The highest BCUT2D eigenvalue weighted by molar-refractivity contribution is 5.98. The lowest BCUT2D eigenvalue weighted by Crippen LogP contribution is -2.48. The summed E-state index contributed by atoms with van der Waals surface area (Å²) in [6.45, 7) is 6.44. The van der Waals surface area contributed by atoms with Crippen LogP contribution in [0.1, 0.15) is 17.5 Å². The van der Waals surface area contributed by atoms with Crippen LogP contribution in [0.2, 0.25) is 0 Å². The van der Waals surface area contributed by atoms with Gasteiger partial charge in [0, 0.05) is 43.0 Å². The number of methoxy groups -OCH3 is 1. The molecule has 1 aliphatic heterocycles. The molecule has 3 aromatic rings. The van der Waals surface area contributed by atoms with Gasteiger partial charge >= 0.3 is 0 Å². The van der Waals surface area contributed by atoms with Crippen molar-refractivity contribution in [3.8, 4) is 5.75 Å². The lowest BCUT2D eigenvalue weighted by Gasteiger charge is -2.33. The summed E-state index contributed by atoms with van der Waals surface area (Å²) in [5, 5.41) is 1.83. The summed E-state index contributed by atoms with van der Waals surface area (Å²) >= 11 is 0. The van der Waals surface area contributed by atoms with E-state index in [2.05, 4.69) is 16.8 Å². The van der Waals surface area contributed by atoms with Gasteiger partial charge in [-0.15, -0.1) is 0 Å². The molecule has 4 rings (SSSR count). The van der Waals surface area contributed by atoms with Crippen LogP contribution in [-0.2, 0) is 0 Å². The first-order valence-corrected chi connectivity index (χ1v) is 8.58. The molecule has 6 heteroatoms. The van der Waals surface area contributed by atoms with Gasteiger partial charge in [-0.05, 0) is 30.8 Å². The predicted octanol–water partition coefficient (Wildman–Crippen LogP) is 2.77. The van der Waals surface area contributed by atoms with Gasteiger partial charge in [0.05, 0.1) is 12.6 Å². The van der Waals surface area contributed by atoms with Crippen LogP contribution in [0, 0.1) is 0 Å². The number of pyridine rings is 1. The standard InChI is InChI=1S/C19H21N3O3/c1-3-21-6-8-22(9-7-21)19(23)17-11-14-10-13-4-5-15(24-2)12-16(13)20-18(14)25-17/h4-5,10-12H,3,6-9H2,1-2H3. The third-order valence-electron chi connectivity index (χ3n) is 4.83. The van der Waals surface area contributed by atoms with Crippen molar-refractivity contribution in [3.05, 3.63) is 36.1 Å². The average Bonchev–Trinajstić information content (AvgIpc) is 3.07. The minimum absolute atomic E-state index is 0.0598. The molecule has 130 valence electrons. The predicted molar refractivity (Wildman–Crippen MR) is 96.1 cm³/mol. The van der Waals surface area contributed by atoms with Crippen molar-refractivity contribution in [2.45, 2.75) is 6.92 Å². The zero-order valence-corrected chi connectivity index (χ0v) is 14.5. The molecule has 1 saturated heterocycles. The van der Waals surface area contributed by atoms with Crippen molar-refractivity contribution >= 4 is 27.9 Å². The smallest absolute Gasteiger partial charge is 0.289 e. The number of amides is 1. The Balaban J connectivity index is 1.64. The number of fused-ring (bicyclic) bond motifs is 2. The highest BCUT2D eigenvalue weighted by Crippen LogP contribution is 2.26. The summed E-state index contributed by atoms with van der Waals surface area (Å²) < 4.78 is 11.0. The number of ether oxygens (including phenoxy) is 1. The fraction of sp³-hybridized carbons (Fsp3) is 0.368. The van der Waals surface area contributed by atoms with E-state index in [1.165, 1.54) is 0 Å². The van der Waals surface area contributed by atoms with Gasteiger partial charge in [0.1, 0.15) is 5.75 Å². The van der Waals surface area contributed by atoms with Crippen molar-refractivity contribution in [2.75, 3.05) is 39.8 Å². The Kier molecular flexibility index (Phi) is 4.05. The van der Waals surface area contributed by atoms with Gasteiger partial charge in [-0.25, -0.2) is 4.98 Å². The maximum absolute atomic E-state index is 12.7. The Morgan fingerprint density at radius 2 is 1.96 bits per heavy atom. The molecule has 0 N–H and O–H groups in total. The SMILES string of the molecule is CCN1CCN(C(=O)c2cc3cc4ccc(OC)cc4nc3o2)CC1. The van der Waals surface area contributed by atoms with E-state index in [1.54, 1.807) is 13.2 Å². The third kappa shape index (κ3) is 2.93. The normalized spacial score (nSPS) is 15.8. The van der Waals surface area contributed by atoms with Gasteiger partial charge in [0.15, 0.2) is 5.76 Å². The molecule has 2 aromatic heterocycles. The zero-order chi connectivity index (χ0) is 17.4. The van der Waals surface area contributed by atoms with E-state index in [0.717, 1.165) is 54.8 Å². The number of nitrogens with zero attached hydrogens (tertiary/aromatic N) is 3. The maximum Gasteiger partial charge on any atom is 0.289 e. The van der Waals surface area contributed by atoms with Gasteiger partial charge in [-0.3, -0.25) is 4.79 Å². The fourth-order valence-electron chi connectivity index (χ4n) is 3.26. The Morgan fingerprint density at radius 3 is 2.68 bits per heavy atom. The summed E-state index contributed by atoms with van der Waals surface area (Å²) in [5.41, 5.74) is 1.27. The van der Waals surface area contributed by atoms with Crippen LogP contribution in [0.3, 0.4) is 0 Å². The lowest BCUT2D eigenvalue weighted by molar-refractivity contribution is 0.0614. The number of benzene rings is 1. The molecular formula is C19H21N3O3. The Morgan fingerprint density at radius 1 is 1.16 bits per heavy atom. The van der Waals surface area contributed by atoms with Crippen LogP contribution in [0.4, 0.5) is 0 Å². The molecule has 0 radical (unpaired) electrons. The van der Waals surface area contributed by atoms with E-state index in [0.29, 0.717) is 11.5 Å². The van der Waals surface area contributed by atoms with Crippen molar-refractivity contribution in [1.82, 2.24) is 14.8 Å². The topological polar surface area (TPSA) is 58.8 Å². The van der Waals surface area contributed by atoms with Crippen molar-refractivity contribution in [2.24, 2.45) is 0 Å².